The zero-order valence-corrected chi connectivity index (χ0v) is 8.87. The third kappa shape index (κ3) is 1.74. The Balaban J connectivity index is 1.99. The number of rotatable bonds is 0. The van der Waals surface area contributed by atoms with Gasteiger partial charge in [0, 0.05) is 6.04 Å². The third-order valence-electron chi connectivity index (χ3n) is 3.78. The van der Waals surface area contributed by atoms with Gasteiger partial charge in [0.25, 0.3) is 0 Å². The van der Waals surface area contributed by atoms with E-state index in [1.54, 1.807) is 0 Å². The molecule has 2 bridgehead atoms. The smallest absolute Gasteiger partial charge is 0.115 e. The van der Waals surface area contributed by atoms with Gasteiger partial charge in [-0.3, -0.25) is 0 Å². The summed E-state index contributed by atoms with van der Waals surface area (Å²) in [6.45, 7) is 1.15. The normalized spacial score (nSPS) is 29.3. The molecule has 15 heavy (non-hydrogen) atoms. The first-order chi connectivity index (χ1) is 7.31. The molecule has 0 radical (unpaired) electrons. The molecule has 2 unspecified atom stereocenters. The van der Waals surface area contributed by atoms with Gasteiger partial charge in [-0.2, -0.15) is 0 Å². The maximum absolute atomic E-state index is 9.50. The summed E-state index contributed by atoms with van der Waals surface area (Å²) in [5.41, 5.74) is 2.79. The van der Waals surface area contributed by atoms with Gasteiger partial charge in [0.05, 0.1) is 0 Å². The lowest BCUT2D eigenvalue weighted by atomic mass is 9.81. The molecule has 2 aliphatic heterocycles. The first kappa shape index (κ1) is 9.22. The van der Waals surface area contributed by atoms with Gasteiger partial charge in [-0.25, -0.2) is 0 Å². The molecule has 4 rings (SSSR count). The first-order valence-electron chi connectivity index (χ1n) is 5.85. The number of benzene rings is 1. The lowest BCUT2D eigenvalue weighted by Crippen LogP contribution is -2.42. The number of phenolic OH excluding ortho intramolecular Hbond substituents is 1. The maximum Gasteiger partial charge on any atom is 0.115 e. The van der Waals surface area contributed by atoms with E-state index >= 15 is 0 Å². The number of fused-ring (bicyclic) bond motifs is 2. The van der Waals surface area contributed by atoms with Crippen molar-refractivity contribution in [3.05, 3.63) is 29.3 Å². The van der Waals surface area contributed by atoms with Crippen molar-refractivity contribution >= 4 is 0 Å². The molecule has 2 heteroatoms. The minimum absolute atomic E-state index is 0.415. The van der Waals surface area contributed by atoms with E-state index in [4.69, 9.17) is 0 Å². The highest BCUT2D eigenvalue weighted by Crippen LogP contribution is 2.29. The molecule has 1 aliphatic carbocycles. The topological polar surface area (TPSA) is 32.3 Å². The summed E-state index contributed by atoms with van der Waals surface area (Å²) in [5, 5.41) is 13.1. The van der Waals surface area contributed by atoms with Crippen molar-refractivity contribution in [2.45, 2.75) is 31.7 Å². The van der Waals surface area contributed by atoms with Gasteiger partial charge in [-0.1, -0.05) is 6.07 Å². The number of nitrogens with one attached hydrogen (secondary N) is 1. The molecule has 0 aromatic heterocycles. The maximum atomic E-state index is 9.50. The van der Waals surface area contributed by atoms with E-state index in [1.807, 2.05) is 12.1 Å². The predicted molar refractivity (Wildman–Crippen MR) is 60.0 cm³/mol. The van der Waals surface area contributed by atoms with E-state index in [0.717, 1.165) is 25.3 Å². The molecular weight excluding hydrogens is 186 g/mol. The Kier molecular flexibility index (Phi) is 2.17. The number of hydrogen-bond donors (Lipinski definition) is 2. The van der Waals surface area contributed by atoms with Crippen LogP contribution in [0.4, 0.5) is 0 Å². The summed E-state index contributed by atoms with van der Waals surface area (Å²) in [5.74, 6) is 1.18. The standard InChI is InChI=1S/C13H17NO/c15-13-4-2-10-6-12-3-1-9(8-14-12)5-11(10)7-13/h2,4,7,9,12,14-15H,1,3,5-6,8H2. The molecule has 1 aromatic carbocycles. The third-order valence-corrected chi connectivity index (χ3v) is 3.78. The highest BCUT2D eigenvalue weighted by Gasteiger charge is 2.25. The van der Waals surface area contributed by atoms with E-state index in [1.165, 1.54) is 24.0 Å². The van der Waals surface area contributed by atoms with Crippen LogP contribution in [0, 0.1) is 5.92 Å². The Morgan fingerprint density at radius 2 is 2.07 bits per heavy atom. The molecule has 80 valence electrons. The van der Waals surface area contributed by atoms with Crippen molar-refractivity contribution in [1.82, 2.24) is 5.32 Å². The Labute approximate surface area is 90.3 Å². The molecule has 1 aromatic rings. The molecule has 1 fully saturated rings. The van der Waals surface area contributed by atoms with Crippen molar-refractivity contribution < 1.29 is 5.11 Å². The number of hydrogen-bond acceptors (Lipinski definition) is 2. The van der Waals surface area contributed by atoms with E-state index in [9.17, 15) is 5.11 Å². The molecule has 3 aliphatic rings. The molecule has 0 amide bonds. The second-order valence-corrected chi connectivity index (χ2v) is 4.91. The van der Waals surface area contributed by atoms with Gasteiger partial charge < -0.3 is 10.4 Å². The Hall–Kier alpha value is -1.02. The van der Waals surface area contributed by atoms with Gasteiger partial charge in [-0.05, 0) is 61.4 Å². The highest BCUT2D eigenvalue weighted by atomic mass is 16.3. The minimum atomic E-state index is 0.415. The molecule has 1 saturated heterocycles. The Morgan fingerprint density at radius 3 is 2.87 bits per heavy atom. The highest BCUT2D eigenvalue weighted by molar-refractivity contribution is 5.36. The summed E-state index contributed by atoms with van der Waals surface area (Å²) in [6.07, 6.45) is 4.91. The van der Waals surface area contributed by atoms with Crippen LogP contribution in [0.5, 0.6) is 5.75 Å². The summed E-state index contributed by atoms with van der Waals surface area (Å²) < 4.78 is 0. The summed E-state index contributed by atoms with van der Waals surface area (Å²) in [6, 6.07) is 6.52. The second-order valence-electron chi connectivity index (χ2n) is 4.91. The molecule has 2 nitrogen and oxygen atoms in total. The number of piperidine rings is 1. The van der Waals surface area contributed by atoms with Crippen LogP contribution < -0.4 is 5.32 Å². The van der Waals surface area contributed by atoms with Crippen LogP contribution in [-0.4, -0.2) is 17.7 Å². The zero-order chi connectivity index (χ0) is 10.3. The SMILES string of the molecule is Oc1ccc2c(c1)CC1CCC(C2)NC1. The van der Waals surface area contributed by atoms with Gasteiger partial charge in [0.2, 0.25) is 0 Å². The van der Waals surface area contributed by atoms with Crippen LogP contribution in [-0.2, 0) is 12.8 Å². The Bertz CT molecular complexity index is 367. The number of phenols is 1. The van der Waals surface area contributed by atoms with Crippen LogP contribution in [0.1, 0.15) is 24.0 Å². The lowest BCUT2D eigenvalue weighted by Gasteiger charge is -2.34. The van der Waals surface area contributed by atoms with Crippen LogP contribution >= 0.6 is 0 Å². The van der Waals surface area contributed by atoms with E-state index in [0.29, 0.717) is 11.8 Å². The predicted octanol–water partition coefficient (Wildman–Crippen LogP) is 1.86. The van der Waals surface area contributed by atoms with Gasteiger partial charge in [0.15, 0.2) is 0 Å². The molecule has 0 spiro atoms. The van der Waals surface area contributed by atoms with Crippen molar-refractivity contribution in [1.29, 1.82) is 0 Å². The number of aromatic hydroxyl groups is 1. The zero-order valence-electron chi connectivity index (χ0n) is 8.87. The molecule has 2 atom stereocenters. The molecular formula is C13H17NO. The first-order valence-corrected chi connectivity index (χ1v) is 5.85. The average Bonchev–Trinajstić information content (AvgIpc) is 2.20. The summed E-state index contributed by atoms with van der Waals surface area (Å²) in [7, 11) is 0. The van der Waals surface area contributed by atoms with Crippen molar-refractivity contribution in [2.24, 2.45) is 5.92 Å². The minimum Gasteiger partial charge on any atom is -0.508 e. The molecule has 2 heterocycles. The van der Waals surface area contributed by atoms with Crippen molar-refractivity contribution in [3.63, 3.8) is 0 Å². The van der Waals surface area contributed by atoms with Crippen LogP contribution in [0.3, 0.4) is 0 Å². The summed E-state index contributed by atoms with van der Waals surface area (Å²) in [4.78, 5) is 0. The van der Waals surface area contributed by atoms with Crippen LogP contribution in [0.2, 0.25) is 0 Å². The van der Waals surface area contributed by atoms with Crippen molar-refractivity contribution in [2.75, 3.05) is 6.54 Å². The Morgan fingerprint density at radius 1 is 1.13 bits per heavy atom. The fourth-order valence-electron chi connectivity index (χ4n) is 2.90. The van der Waals surface area contributed by atoms with E-state index < -0.39 is 0 Å². The molecule has 0 saturated carbocycles. The fourth-order valence-corrected chi connectivity index (χ4v) is 2.90. The van der Waals surface area contributed by atoms with E-state index in [2.05, 4.69) is 11.4 Å². The lowest BCUT2D eigenvalue weighted by molar-refractivity contribution is 0.296. The van der Waals surface area contributed by atoms with Gasteiger partial charge in [-0.15, -0.1) is 0 Å². The average molecular weight is 203 g/mol. The van der Waals surface area contributed by atoms with Gasteiger partial charge >= 0.3 is 0 Å². The summed E-state index contributed by atoms with van der Waals surface area (Å²) >= 11 is 0. The fraction of sp³-hybridized carbons (Fsp3) is 0.538. The van der Waals surface area contributed by atoms with Crippen molar-refractivity contribution in [3.8, 4) is 5.75 Å². The molecule has 2 N–H and O–H groups in total. The second kappa shape index (κ2) is 3.53. The monoisotopic (exact) mass is 203 g/mol. The van der Waals surface area contributed by atoms with Crippen LogP contribution in [0.15, 0.2) is 18.2 Å². The van der Waals surface area contributed by atoms with Gasteiger partial charge in [0.1, 0.15) is 5.75 Å². The van der Waals surface area contributed by atoms with E-state index in [-0.39, 0.29) is 0 Å². The quantitative estimate of drug-likeness (QED) is 0.674. The van der Waals surface area contributed by atoms with Crippen LogP contribution in [0.25, 0.3) is 0 Å². The largest absolute Gasteiger partial charge is 0.508 e.